The summed E-state index contributed by atoms with van der Waals surface area (Å²) in [4.78, 5) is 12.6. The Labute approximate surface area is 203 Å². The normalized spacial score (nSPS) is 11.2. The Kier molecular flexibility index (Phi) is 7.07. The average molecular weight is 469 g/mol. The molecule has 2 aromatic carbocycles. The molecule has 0 amide bonds. The zero-order valence-corrected chi connectivity index (χ0v) is 19.7. The first-order valence-electron chi connectivity index (χ1n) is 11.1. The maximum atomic E-state index is 12.6. The number of carbonyl (C=O) groups is 1. The molecule has 0 saturated carbocycles. The molecule has 4 aromatic rings. The fraction of sp³-hybridized carbons (Fsp3) is 0.185. The number of nitrogens with zero attached hydrogens (tertiary/aromatic N) is 4. The molecule has 0 spiro atoms. The first-order valence-corrected chi connectivity index (χ1v) is 11.1. The number of rotatable bonds is 8. The second-order valence-electron chi connectivity index (χ2n) is 7.70. The van der Waals surface area contributed by atoms with Crippen LogP contribution in [-0.4, -0.2) is 27.3 Å². The minimum Gasteiger partial charge on any atom is -0.494 e. The number of ether oxygens (including phenoxy) is 2. The van der Waals surface area contributed by atoms with Crippen molar-refractivity contribution in [1.82, 2.24) is 14.8 Å². The number of hydrogen-bond donors (Lipinski definition) is 0. The van der Waals surface area contributed by atoms with E-state index in [4.69, 9.17) is 13.9 Å². The van der Waals surface area contributed by atoms with Crippen molar-refractivity contribution in [2.75, 3.05) is 6.61 Å². The molecule has 35 heavy (non-hydrogen) atoms. The van der Waals surface area contributed by atoms with Gasteiger partial charge in [-0.2, -0.15) is 5.26 Å². The summed E-state index contributed by atoms with van der Waals surface area (Å²) in [7, 11) is 0. The number of aryl methyl sites for hydroxylation is 1. The summed E-state index contributed by atoms with van der Waals surface area (Å²) in [6.45, 7) is 6.20. The Hall–Kier alpha value is -4.64. The molecule has 0 fully saturated rings. The zero-order valence-electron chi connectivity index (χ0n) is 19.7. The lowest BCUT2D eigenvalue weighted by molar-refractivity contribution is -0.140. The van der Waals surface area contributed by atoms with Crippen LogP contribution < -0.4 is 4.74 Å². The number of aromatic nitrogens is 3. The molecule has 0 atom stereocenters. The molecule has 0 bridgehead atoms. The van der Waals surface area contributed by atoms with E-state index in [1.807, 2.05) is 92.1 Å². The molecule has 0 unspecified atom stereocenters. The molecule has 0 radical (unpaired) electrons. The van der Waals surface area contributed by atoms with Gasteiger partial charge in [-0.15, -0.1) is 10.2 Å². The average Bonchev–Trinajstić information content (AvgIpc) is 3.46. The number of nitriles is 1. The maximum absolute atomic E-state index is 12.6. The molecule has 8 heteroatoms. The summed E-state index contributed by atoms with van der Waals surface area (Å²) in [6.07, 6.45) is 1.53. The summed E-state index contributed by atoms with van der Waals surface area (Å²) in [5.41, 5.74) is 4.18. The second-order valence-corrected chi connectivity index (χ2v) is 7.70. The van der Waals surface area contributed by atoms with Crippen LogP contribution in [-0.2, 0) is 16.1 Å². The van der Waals surface area contributed by atoms with Gasteiger partial charge in [-0.25, -0.2) is 4.79 Å². The molecular weight excluding hydrogens is 444 g/mol. The van der Waals surface area contributed by atoms with Crippen molar-refractivity contribution in [2.24, 2.45) is 0 Å². The van der Waals surface area contributed by atoms with Crippen LogP contribution in [0.3, 0.4) is 0 Å². The van der Waals surface area contributed by atoms with Crippen molar-refractivity contribution in [3.8, 4) is 29.0 Å². The highest BCUT2D eigenvalue weighted by Crippen LogP contribution is 2.25. The third-order valence-corrected chi connectivity index (χ3v) is 5.33. The number of hydrogen-bond acceptors (Lipinski definition) is 7. The minimum atomic E-state index is -0.766. The monoisotopic (exact) mass is 468 g/mol. The van der Waals surface area contributed by atoms with Crippen molar-refractivity contribution >= 4 is 12.0 Å². The number of carbonyl (C=O) groups excluding carboxylic acids is 1. The lowest BCUT2D eigenvalue weighted by Gasteiger charge is -2.11. The van der Waals surface area contributed by atoms with E-state index in [9.17, 15) is 10.1 Å². The Morgan fingerprint density at radius 2 is 1.86 bits per heavy atom. The number of benzene rings is 2. The molecule has 2 aromatic heterocycles. The topological polar surface area (TPSA) is 103 Å². The smallest absolute Gasteiger partial charge is 0.349 e. The highest BCUT2D eigenvalue weighted by Gasteiger charge is 2.17. The van der Waals surface area contributed by atoms with Crippen molar-refractivity contribution in [2.45, 2.75) is 27.4 Å². The standard InChI is InChI=1S/C27H24N4O4/c1-4-33-24-12-10-23(11-13-24)31-18(2)14-21(19(31)3)15-22(16-28)27(32)34-17-25-29-30-26(35-25)20-8-6-5-7-9-20/h5-15H,4,17H2,1-3H3/b22-15-. The maximum Gasteiger partial charge on any atom is 0.349 e. The molecule has 4 rings (SSSR count). The fourth-order valence-corrected chi connectivity index (χ4v) is 3.70. The van der Waals surface area contributed by atoms with Crippen LogP contribution in [0.15, 0.2) is 70.7 Å². The molecular formula is C27H24N4O4. The quantitative estimate of drug-likeness (QED) is 0.199. The molecule has 0 aliphatic rings. The van der Waals surface area contributed by atoms with E-state index in [-0.39, 0.29) is 18.1 Å². The van der Waals surface area contributed by atoms with Gasteiger partial charge in [0.25, 0.3) is 5.89 Å². The first-order chi connectivity index (χ1) is 17.0. The molecule has 8 nitrogen and oxygen atoms in total. The summed E-state index contributed by atoms with van der Waals surface area (Å²) in [6, 6.07) is 20.9. The SMILES string of the molecule is CCOc1ccc(-n2c(C)cc(/C=C(/C#N)C(=O)OCc3nnc(-c4ccccc4)o3)c2C)cc1. The van der Waals surface area contributed by atoms with Crippen LogP contribution in [0.5, 0.6) is 5.75 Å². The van der Waals surface area contributed by atoms with Crippen LogP contribution in [0.4, 0.5) is 0 Å². The molecule has 0 aliphatic carbocycles. The van der Waals surface area contributed by atoms with Crippen LogP contribution in [0, 0.1) is 25.2 Å². The van der Waals surface area contributed by atoms with Gasteiger partial charge in [0.2, 0.25) is 5.89 Å². The van der Waals surface area contributed by atoms with Gasteiger partial charge in [0, 0.05) is 22.6 Å². The minimum absolute atomic E-state index is 0.125. The van der Waals surface area contributed by atoms with Crippen LogP contribution >= 0.6 is 0 Å². The van der Waals surface area contributed by atoms with Gasteiger partial charge in [-0.05, 0) is 74.9 Å². The van der Waals surface area contributed by atoms with Gasteiger partial charge in [-0.3, -0.25) is 0 Å². The van der Waals surface area contributed by atoms with Gasteiger partial charge >= 0.3 is 5.97 Å². The molecule has 0 aliphatic heterocycles. The Bertz CT molecular complexity index is 1390. The van der Waals surface area contributed by atoms with E-state index in [0.29, 0.717) is 12.5 Å². The van der Waals surface area contributed by atoms with Gasteiger partial charge in [0.1, 0.15) is 17.4 Å². The largest absolute Gasteiger partial charge is 0.494 e. The predicted molar refractivity (Wildman–Crippen MR) is 130 cm³/mol. The third kappa shape index (κ3) is 5.31. The third-order valence-electron chi connectivity index (χ3n) is 5.33. The highest BCUT2D eigenvalue weighted by atomic mass is 16.5. The summed E-state index contributed by atoms with van der Waals surface area (Å²) in [5, 5.41) is 17.5. The number of esters is 1. The van der Waals surface area contributed by atoms with Crippen molar-refractivity contribution in [3.63, 3.8) is 0 Å². The van der Waals surface area contributed by atoms with Gasteiger partial charge in [0.15, 0.2) is 6.61 Å². The molecule has 0 saturated heterocycles. The fourth-order valence-electron chi connectivity index (χ4n) is 3.70. The lowest BCUT2D eigenvalue weighted by atomic mass is 10.1. The van der Waals surface area contributed by atoms with E-state index in [2.05, 4.69) is 10.2 Å². The van der Waals surface area contributed by atoms with Gasteiger partial charge in [0.05, 0.1) is 6.61 Å². The Morgan fingerprint density at radius 3 is 2.54 bits per heavy atom. The summed E-state index contributed by atoms with van der Waals surface area (Å²) in [5.74, 6) is 0.501. The Balaban J connectivity index is 1.48. The van der Waals surface area contributed by atoms with Crippen LogP contribution in [0.2, 0.25) is 0 Å². The van der Waals surface area contributed by atoms with E-state index >= 15 is 0 Å². The van der Waals surface area contributed by atoms with E-state index in [0.717, 1.165) is 34.0 Å². The van der Waals surface area contributed by atoms with Crippen LogP contribution in [0.25, 0.3) is 23.2 Å². The lowest BCUT2D eigenvalue weighted by Crippen LogP contribution is -2.07. The highest BCUT2D eigenvalue weighted by molar-refractivity contribution is 5.98. The molecule has 2 heterocycles. The summed E-state index contributed by atoms with van der Waals surface area (Å²) >= 11 is 0. The summed E-state index contributed by atoms with van der Waals surface area (Å²) < 4.78 is 18.4. The Morgan fingerprint density at radius 1 is 1.11 bits per heavy atom. The van der Waals surface area contributed by atoms with Crippen molar-refractivity contribution < 1.29 is 18.7 Å². The van der Waals surface area contributed by atoms with Gasteiger partial charge < -0.3 is 18.5 Å². The first kappa shape index (κ1) is 23.5. The van der Waals surface area contributed by atoms with E-state index in [1.165, 1.54) is 6.08 Å². The van der Waals surface area contributed by atoms with Gasteiger partial charge in [-0.1, -0.05) is 18.2 Å². The van der Waals surface area contributed by atoms with E-state index in [1.54, 1.807) is 0 Å². The molecule has 176 valence electrons. The molecule has 0 N–H and O–H groups in total. The van der Waals surface area contributed by atoms with Crippen molar-refractivity contribution in [3.05, 3.63) is 89.1 Å². The van der Waals surface area contributed by atoms with Crippen molar-refractivity contribution in [1.29, 1.82) is 5.26 Å². The predicted octanol–water partition coefficient (Wildman–Crippen LogP) is 5.19. The van der Waals surface area contributed by atoms with E-state index < -0.39 is 5.97 Å². The second kappa shape index (κ2) is 10.5. The zero-order chi connectivity index (χ0) is 24.8. The van der Waals surface area contributed by atoms with Crippen LogP contribution in [0.1, 0.15) is 29.8 Å².